The number of rotatable bonds is 5. The Labute approximate surface area is 150 Å². The fourth-order valence-corrected chi connectivity index (χ4v) is 3.07. The van der Waals surface area contributed by atoms with Gasteiger partial charge in [-0.3, -0.25) is 0 Å². The van der Waals surface area contributed by atoms with E-state index in [4.69, 9.17) is 19.8 Å². The van der Waals surface area contributed by atoms with Gasteiger partial charge in [-0.2, -0.15) is 0 Å². The Balaban J connectivity index is 1.55. The van der Waals surface area contributed by atoms with E-state index in [1.807, 2.05) is 27.7 Å². The molecule has 138 valence electrons. The van der Waals surface area contributed by atoms with Crippen LogP contribution in [0.15, 0.2) is 12.4 Å². The number of nitrogens with zero attached hydrogens (tertiary/aromatic N) is 3. The molecule has 2 N–H and O–H groups in total. The summed E-state index contributed by atoms with van der Waals surface area (Å²) in [6.07, 6.45) is 5.57. The van der Waals surface area contributed by atoms with E-state index in [1.54, 1.807) is 12.4 Å². The Morgan fingerprint density at radius 2 is 1.72 bits per heavy atom. The van der Waals surface area contributed by atoms with Gasteiger partial charge in [0.1, 0.15) is 6.10 Å². The Bertz CT molecular complexity index is 558. The van der Waals surface area contributed by atoms with E-state index < -0.39 is 7.12 Å². The maximum atomic E-state index is 6.02. The van der Waals surface area contributed by atoms with Crippen LogP contribution in [0, 0.1) is 0 Å². The van der Waals surface area contributed by atoms with Crippen LogP contribution in [0.4, 0.5) is 0 Å². The molecule has 1 aromatic rings. The Morgan fingerprint density at radius 1 is 1.16 bits per heavy atom. The molecule has 2 saturated heterocycles. The summed E-state index contributed by atoms with van der Waals surface area (Å²) in [6, 6.07) is 0.414. The number of piperidine rings is 1. The molecule has 0 unspecified atom stereocenters. The van der Waals surface area contributed by atoms with Crippen molar-refractivity contribution >= 4 is 12.6 Å². The lowest BCUT2D eigenvalue weighted by molar-refractivity contribution is 0.00578. The summed E-state index contributed by atoms with van der Waals surface area (Å²) in [5, 5.41) is 0. The first-order chi connectivity index (χ1) is 11.8. The molecule has 3 rings (SSSR count). The van der Waals surface area contributed by atoms with Crippen molar-refractivity contribution in [2.45, 2.75) is 57.8 Å². The first-order valence-electron chi connectivity index (χ1n) is 9.07. The van der Waals surface area contributed by atoms with Crippen molar-refractivity contribution in [3.63, 3.8) is 0 Å². The van der Waals surface area contributed by atoms with Crippen molar-refractivity contribution in [2.75, 3.05) is 26.2 Å². The molecule has 0 aliphatic carbocycles. The van der Waals surface area contributed by atoms with Crippen LogP contribution in [0.1, 0.15) is 40.5 Å². The van der Waals surface area contributed by atoms with Gasteiger partial charge in [0.25, 0.3) is 0 Å². The molecule has 7 nitrogen and oxygen atoms in total. The summed E-state index contributed by atoms with van der Waals surface area (Å²) >= 11 is 0. The second kappa shape index (κ2) is 7.19. The van der Waals surface area contributed by atoms with Crippen LogP contribution in [0.5, 0.6) is 6.01 Å². The number of nitrogens with two attached hydrogens (primary N) is 1. The highest BCUT2D eigenvalue weighted by molar-refractivity contribution is 6.61. The lowest BCUT2D eigenvalue weighted by Crippen LogP contribution is -2.41. The summed E-state index contributed by atoms with van der Waals surface area (Å²) in [7, 11) is -0.446. The van der Waals surface area contributed by atoms with Gasteiger partial charge in [0, 0.05) is 44.0 Å². The van der Waals surface area contributed by atoms with Crippen LogP contribution in [0.2, 0.25) is 0 Å². The zero-order valence-electron chi connectivity index (χ0n) is 15.7. The van der Waals surface area contributed by atoms with Crippen molar-refractivity contribution in [1.82, 2.24) is 14.9 Å². The predicted octanol–water partition coefficient (Wildman–Crippen LogP) is 0.578. The minimum absolute atomic E-state index is 0.164. The van der Waals surface area contributed by atoms with Crippen molar-refractivity contribution in [2.24, 2.45) is 5.73 Å². The third kappa shape index (κ3) is 4.14. The minimum Gasteiger partial charge on any atom is -0.460 e. The van der Waals surface area contributed by atoms with Gasteiger partial charge in [0.05, 0.1) is 11.2 Å². The zero-order valence-corrected chi connectivity index (χ0v) is 15.7. The van der Waals surface area contributed by atoms with Crippen molar-refractivity contribution in [3.8, 4) is 6.01 Å². The van der Waals surface area contributed by atoms with Crippen LogP contribution < -0.4 is 15.9 Å². The largest absolute Gasteiger partial charge is 0.498 e. The average molecular weight is 348 g/mol. The lowest BCUT2D eigenvalue weighted by atomic mass is 9.81. The van der Waals surface area contributed by atoms with Crippen LogP contribution in [0.3, 0.4) is 0 Å². The normalized spacial score (nSPS) is 23.8. The first kappa shape index (κ1) is 18.6. The smallest absolute Gasteiger partial charge is 0.460 e. The SMILES string of the molecule is CC1(C)OB(c2cnc(OC3CCN(CCN)CC3)nc2)OC1(C)C. The van der Waals surface area contributed by atoms with E-state index in [0.29, 0.717) is 12.6 Å². The molecule has 0 amide bonds. The van der Waals surface area contributed by atoms with E-state index in [1.165, 1.54) is 0 Å². The van der Waals surface area contributed by atoms with E-state index in [-0.39, 0.29) is 17.3 Å². The highest BCUT2D eigenvalue weighted by atomic mass is 16.7. The third-order valence-electron chi connectivity index (χ3n) is 5.43. The lowest BCUT2D eigenvalue weighted by Gasteiger charge is -2.32. The second-order valence-corrected chi connectivity index (χ2v) is 7.83. The van der Waals surface area contributed by atoms with Gasteiger partial charge in [0.2, 0.25) is 0 Å². The van der Waals surface area contributed by atoms with Crippen molar-refractivity contribution in [1.29, 1.82) is 0 Å². The molecule has 25 heavy (non-hydrogen) atoms. The van der Waals surface area contributed by atoms with Crippen LogP contribution >= 0.6 is 0 Å². The quantitative estimate of drug-likeness (QED) is 0.780. The molecule has 2 aliphatic rings. The Kier molecular flexibility index (Phi) is 5.34. The molecule has 0 radical (unpaired) electrons. The zero-order chi connectivity index (χ0) is 18.1. The molecule has 2 fully saturated rings. The maximum Gasteiger partial charge on any atom is 0.498 e. The van der Waals surface area contributed by atoms with E-state index >= 15 is 0 Å². The van der Waals surface area contributed by atoms with Crippen LogP contribution in [-0.4, -0.2) is 65.5 Å². The molecule has 0 aromatic carbocycles. The van der Waals surface area contributed by atoms with Gasteiger partial charge in [0.15, 0.2) is 0 Å². The molecule has 3 heterocycles. The molecular formula is C17H29BN4O3. The Hall–Kier alpha value is -1.22. The molecule has 1 aromatic heterocycles. The van der Waals surface area contributed by atoms with Gasteiger partial charge in [-0.15, -0.1) is 0 Å². The van der Waals surface area contributed by atoms with Gasteiger partial charge >= 0.3 is 13.1 Å². The monoisotopic (exact) mass is 348 g/mol. The fraction of sp³-hybridized carbons (Fsp3) is 0.765. The molecule has 2 aliphatic heterocycles. The van der Waals surface area contributed by atoms with Gasteiger partial charge in [-0.1, -0.05) is 0 Å². The highest BCUT2D eigenvalue weighted by Gasteiger charge is 2.52. The average Bonchev–Trinajstić information content (AvgIpc) is 2.78. The number of hydrogen-bond acceptors (Lipinski definition) is 7. The predicted molar refractivity (Wildman–Crippen MR) is 96.9 cm³/mol. The van der Waals surface area contributed by atoms with E-state index in [9.17, 15) is 0 Å². The van der Waals surface area contributed by atoms with Crippen LogP contribution in [-0.2, 0) is 9.31 Å². The maximum absolute atomic E-state index is 6.02. The molecule has 0 bridgehead atoms. The van der Waals surface area contributed by atoms with E-state index in [0.717, 1.165) is 37.9 Å². The molecule has 0 saturated carbocycles. The van der Waals surface area contributed by atoms with Gasteiger partial charge in [-0.05, 0) is 40.5 Å². The summed E-state index contributed by atoms with van der Waals surface area (Å²) < 4.78 is 18.0. The summed E-state index contributed by atoms with van der Waals surface area (Å²) in [5.74, 6) is 0. The molecule has 0 spiro atoms. The fourth-order valence-electron chi connectivity index (χ4n) is 3.07. The molecular weight excluding hydrogens is 319 g/mol. The summed E-state index contributed by atoms with van der Waals surface area (Å²) in [6.45, 7) is 11.8. The minimum atomic E-state index is -0.446. The summed E-state index contributed by atoms with van der Waals surface area (Å²) in [4.78, 5) is 11.0. The topological polar surface area (TPSA) is 82.7 Å². The second-order valence-electron chi connectivity index (χ2n) is 7.83. The van der Waals surface area contributed by atoms with Gasteiger partial charge in [-0.25, -0.2) is 9.97 Å². The number of ether oxygens (including phenoxy) is 1. The Morgan fingerprint density at radius 3 is 2.24 bits per heavy atom. The summed E-state index contributed by atoms with van der Waals surface area (Å²) in [5.41, 5.74) is 5.67. The highest BCUT2D eigenvalue weighted by Crippen LogP contribution is 2.36. The number of aromatic nitrogens is 2. The van der Waals surface area contributed by atoms with Gasteiger partial charge < -0.3 is 24.7 Å². The molecule has 8 heteroatoms. The standard InChI is InChI=1S/C17H29BN4O3/c1-16(2)17(3,4)25-18(24-16)13-11-20-15(21-12-13)23-14-5-8-22(9-6-14)10-7-19/h11-12,14H,5-10,19H2,1-4H3. The van der Waals surface area contributed by atoms with Crippen LogP contribution in [0.25, 0.3) is 0 Å². The first-order valence-corrected chi connectivity index (χ1v) is 9.07. The number of likely N-dealkylation sites (tertiary alicyclic amines) is 1. The molecule has 0 atom stereocenters. The van der Waals surface area contributed by atoms with E-state index in [2.05, 4.69) is 14.9 Å². The van der Waals surface area contributed by atoms with Crippen molar-refractivity contribution < 1.29 is 14.0 Å². The van der Waals surface area contributed by atoms with Crippen molar-refractivity contribution in [3.05, 3.63) is 12.4 Å². The third-order valence-corrected chi connectivity index (χ3v) is 5.43. The number of hydrogen-bond donors (Lipinski definition) is 1.